The van der Waals surface area contributed by atoms with Gasteiger partial charge in [0.1, 0.15) is 0 Å². The van der Waals surface area contributed by atoms with E-state index in [9.17, 15) is 15.3 Å². The second-order valence-corrected chi connectivity index (χ2v) is 8.57. The maximum atomic E-state index is 10.9. The van der Waals surface area contributed by atoms with Crippen LogP contribution in [0.1, 0.15) is 60.1 Å². The molecule has 0 aromatic heterocycles. The average Bonchev–Trinajstić information content (AvgIpc) is 2.82. The van der Waals surface area contributed by atoms with Gasteiger partial charge in [-0.3, -0.25) is 0 Å². The lowest BCUT2D eigenvalue weighted by Gasteiger charge is -2.27. The summed E-state index contributed by atoms with van der Waals surface area (Å²) in [6.07, 6.45) is 1.38. The van der Waals surface area contributed by atoms with Crippen molar-refractivity contribution in [1.29, 1.82) is 0 Å². The van der Waals surface area contributed by atoms with E-state index < -0.39 is 5.60 Å². The third kappa shape index (κ3) is 5.04. The van der Waals surface area contributed by atoms with Crippen molar-refractivity contribution < 1.29 is 15.3 Å². The molecule has 0 aliphatic rings. The van der Waals surface area contributed by atoms with Crippen LogP contribution in [0.4, 0.5) is 5.69 Å². The number of aliphatic hydroxyl groups is 3. The number of aliphatic hydroxyl groups excluding tert-OH is 2. The number of nitrogens with one attached hydrogen (secondary N) is 1. The van der Waals surface area contributed by atoms with Crippen molar-refractivity contribution in [3.8, 4) is 11.1 Å². The second-order valence-electron chi connectivity index (χ2n) is 8.57. The number of rotatable bonds is 9. The fourth-order valence-electron chi connectivity index (χ4n) is 4.23. The van der Waals surface area contributed by atoms with Crippen LogP contribution in [0.5, 0.6) is 0 Å². The zero-order valence-corrected chi connectivity index (χ0v) is 19.6. The molecular formula is C28H35NO3. The van der Waals surface area contributed by atoms with Crippen molar-refractivity contribution in [2.75, 3.05) is 5.32 Å². The van der Waals surface area contributed by atoms with Crippen molar-refractivity contribution in [2.24, 2.45) is 0 Å². The van der Waals surface area contributed by atoms with Gasteiger partial charge in [0.25, 0.3) is 0 Å². The Balaban J connectivity index is 1.85. The van der Waals surface area contributed by atoms with Crippen LogP contribution in [0, 0.1) is 13.8 Å². The van der Waals surface area contributed by atoms with Gasteiger partial charge in [0.15, 0.2) is 0 Å². The molecule has 4 N–H and O–H groups in total. The van der Waals surface area contributed by atoms with Crippen LogP contribution < -0.4 is 5.32 Å². The number of hydrogen-bond donors (Lipinski definition) is 4. The lowest BCUT2D eigenvalue weighted by molar-refractivity contribution is 0.0283. The average molecular weight is 434 g/mol. The van der Waals surface area contributed by atoms with Crippen LogP contribution >= 0.6 is 0 Å². The van der Waals surface area contributed by atoms with Crippen LogP contribution in [-0.4, -0.2) is 15.3 Å². The van der Waals surface area contributed by atoms with Crippen molar-refractivity contribution in [3.63, 3.8) is 0 Å². The molecular weight excluding hydrogens is 398 g/mol. The van der Waals surface area contributed by atoms with Gasteiger partial charge >= 0.3 is 0 Å². The molecule has 0 amide bonds. The summed E-state index contributed by atoms with van der Waals surface area (Å²) in [5, 5.41) is 33.3. The van der Waals surface area contributed by atoms with Gasteiger partial charge in [-0.1, -0.05) is 56.3 Å². The van der Waals surface area contributed by atoms with Gasteiger partial charge in [-0.25, -0.2) is 0 Å². The Hall–Kier alpha value is -2.66. The Morgan fingerprint density at radius 2 is 1.47 bits per heavy atom. The normalized spacial score (nSPS) is 11.6. The molecule has 0 aliphatic carbocycles. The van der Waals surface area contributed by atoms with Crippen molar-refractivity contribution in [3.05, 3.63) is 88.0 Å². The minimum atomic E-state index is -0.777. The SMILES string of the molecule is CCC(O)(CC)c1ccc(-c2cc(NCc3ccc(CO)c(CO)c3)ccc2C)c(C)c1. The largest absolute Gasteiger partial charge is 0.392 e. The Morgan fingerprint density at radius 3 is 2.09 bits per heavy atom. The molecule has 3 aromatic carbocycles. The van der Waals surface area contributed by atoms with E-state index >= 15 is 0 Å². The zero-order valence-electron chi connectivity index (χ0n) is 19.6. The van der Waals surface area contributed by atoms with Gasteiger partial charge in [0.2, 0.25) is 0 Å². The smallest absolute Gasteiger partial charge is 0.0891 e. The quantitative estimate of drug-likeness (QED) is 0.356. The molecule has 0 unspecified atom stereocenters. The highest BCUT2D eigenvalue weighted by atomic mass is 16.3. The highest BCUT2D eigenvalue weighted by molar-refractivity contribution is 5.74. The first-order valence-electron chi connectivity index (χ1n) is 11.4. The number of anilines is 1. The maximum Gasteiger partial charge on any atom is 0.0891 e. The standard InChI is InChI=1S/C28H35NO3/c1-5-28(32,6-2)24-10-12-26(20(4)13-24)27-15-25(11-7-19(27)3)29-16-21-8-9-22(17-30)23(14-21)18-31/h7-15,29-32H,5-6,16-18H2,1-4H3. The van der Waals surface area contributed by atoms with Crippen LogP contribution in [0.2, 0.25) is 0 Å². The second kappa shape index (κ2) is 10.3. The van der Waals surface area contributed by atoms with Crippen LogP contribution in [0.3, 0.4) is 0 Å². The Morgan fingerprint density at radius 1 is 0.750 bits per heavy atom. The molecule has 0 bridgehead atoms. The highest BCUT2D eigenvalue weighted by Gasteiger charge is 2.25. The van der Waals surface area contributed by atoms with Crippen molar-refractivity contribution in [1.82, 2.24) is 0 Å². The molecule has 0 fully saturated rings. The molecule has 3 rings (SSSR count). The summed E-state index contributed by atoms with van der Waals surface area (Å²) in [6, 6.07) is 18.4. The first kappa shape index (κ1) is 24.0. The monoisotopic (exact) mass is 433 g/mol. The fraction of sp³-hybridized carbons (Fsp3) is 0.357. The maximum absolute atomic E-state index is 10.9. The van der Waals surface area contributed by atoms with Crippen LogP contribution in [0.15, 0.2) is 54.6 Å². The molecule has 0 aliphatic heterocycles. The van der Waals surface area contributed by atoms with Gasteiger partial charge in [0.05, 0.1) is 18.8 Å². The van der Waals surface area contributed by atoms with Gasteiger partial charge in [-0.15, -0.1) is 0 Å². The molecule has 0 saturated carbocycles. The third-order valence-corrected chi connectivity index (χ3v) is 6.57. The molecule has 0 spiro atoms. The van der Waals surface area contributed by atoms with E-state index in [-0.39, 0.29) is 13.2 Å². The summed E-state index contributed by atoms with van der Waals surface area (Å²) in [5.41, 5.74) is 8.45. The van der Waals surface area contributed by atoms with E-state index in [0.29, 0.717) is 19.4 Å². The van der Waals surface area contributed by atoms with E-state index in [1.54, 1.807) is 0 Å². The molecule has 32 heavy (non-hydrogen) atoms. The number of hydrogen-bond acceptors (Lipinski definition) is 4. The van der Waals surface area contributed by atoms with Crippen LogP contribution in [-0.2, 0) is 25.4 Å². The van der Waals surface area contributed by atoms with Gasteiger partial charge in [-0.2, -0.15) is 0 Å². The lowest BCUT2D eigenvalue weighted by atomic mass is 9.85. The first-order chi connectivity index (χ1) is 15.3. The van der Waals surface area contributed by atoms with Crippen LogP contribution in [0.25, 0.3) is 11.1 Å². The fourth-order valence-corrected chi connectivity index (χ4v) is 4.23. The molecule has 0 saturated heterocycles. The summed E-state index contributed by atoms with van der Waals surface area (Å²) in [6.45, 7) is 8.72. The molecule has 0 atom stereocenters. The Kier molecular flexibility index (Phi) is 7.73. The molecule has 3 aromatic rings. The van der Waals surface area contributed by atoms with Gasteiger partial charge in [-0.05, 0) is 83.3 Å². The minimum absolute atomic E-state index is 0.0724. The summed E-state index contributed by atoms with van der Waals surface area (Å²) >= 11 is 0. The predicted octanol–water partition coefficient (Wildman–Crippen LogP) is 5.57. The number of aryl methyl sites for hydroxylation is 2. The Labute approximate surface area is 191 Å². The zero-order chi connectivity index (χ0) is 23.3. The molecule has 0 radical (unpaired) electrons. The highest BCUT2D eigenvalue weighted by Crippen LogP contribution is 2.34. The topological polar surface area (TPSA) is 72.7 Å². The lowest BCUT2D eigenvalue weighted by Crippen LogP contribution is -2.23. The third-order valence-electron chi connectivity index (χ3n) is 6.57. The number of benzene rings is 3. The summed E-state index contributed by atoms with van der Waals surface area (Å²) in [7, 11) is 0. The van der Waals surface area contributed by atoms with Crippen molar-refractivity contribution in [2.45, 2.75) is 65.9 Å². The predicted molar refractivity (Wildman–Crippen MR) is 131 cm³/mol. The molecule has 0 heterocycles. The molecule has 4 heteroatoms. The first-order valence-corrected chi connectivity index (χ1v) is 11.4. The van der Waals surface area contributed by atoms with E-state index in [1.165, 1.54) is 16.7 Å². The summed E-state index contributed by atoms with van der Waals surface area (Å²) < 4.78 is 0. The molecule has 170 valence electrons. The Bertz CT molecular complexity index is 1070. The van der Waals surface area contributed by atoms with E-state index in [2.05, 4.69) is 49.5 Å². The van der Waals surface area contributed by atoms with Crippen molar-refractivity contribution >= 4 is 5.69 Å². The van der Waals surface area contributed by atoms with E-state index in [0.717, 1.165) is 33.5 Å². The van der Waals surface area contributed by atoms with Gasteiger partial charge in [0, 0.05) is 12.2 Å². The van der Waals surface area contributed by atoms with Gasteiger partial charge < -0.3 is 20.6 Å². The van der Waals surface area contributed by atoms with E-state index in [4.69, 9.17) is 0 Å². The minimum Gasteiger partial charge on any atom is -0.392 e. The summed E-state index contributed by atoms with van der Waals surface area (Å²) in [4.78, 5) is 0. The molecule has 4 nitrogen and oxygen atoms in total. The summed E-state index contributed by atoms with van der Waals surface area (Å²) in [5.74, 6) is 0. The van der Waals surface area contributed by atoms with E-state index in [1.807, 2.05) is 38.1 Å².